The third-order valence-electron chi connectivity index (χ3n) is 4.85. The summed E-state index contributed by atoms with van der Waals surface area (Å²) in [6, 6.07) is 5.25. The molecule has 1 aliphatic rings. The van der Waals surface area contributed by atoms with E-state index in [0.29, 0.717) is 23.5 Å². The van der Waals surface area contributed by atoms with E-state index in [2.05, 4.69) is 10.5 Å². The number of aromatic nitrogens is 1. The Bertz CT molecular complexity index is 970. The van der Waals surface area contributed by atoms with Gasteiger partial charge in [-0.3, -0.25) is 4.79 Å². The third kappa shape index (κ3) is 5.04. The highest BCUT2D eigenvalue weighted by molar-refractivity contribution is 7.89. The summed E-state index contributed by atoms with van der Waals surface area (Å²) in [4.78, 5) is 12.8. The maximum atomic E-state index is 13.5. The number of benzene rings is 1. The molecular weight excluding hydrogens is 394 g/mol. The van der Waals surface area contributed by atoms with Crippen molar-refractivity contribution in [2.24, 2.45) is 0 Å². The van der Waals surface area contributed by atoms with Crippen LogP contribution in [0, 0.1) is 27.7 Å². The predicted molar refractivity (Wildman–Crippen MR) is 108 cm³/mol. The van der Waals surface area contributed by atoms with Crippen molar-refractivity contribution in [3.05, 3.63) is 40.6 Å². The molecule has 8 nitrogen and oxygen atoms in total. The molecule has 2 aromatic rings. The molecule has 2 heterocycles. The molecule has 3 rings (SSSR count). The molecule has 1 atom stereocenters. The molecule has 0 radical (unpaired) electrons. The Hall–Kier alpha value is -2.23. The van der Waals surface area contributed by atoms with Crippen molar-refractivity contribution in [3.63, 3.8) is 0 Å². The van der Waals surface area contributed by atoms with Gasteiger partial charge in [0.15, 0.2) is 5.82 Å². The molecule has 1 aromatic heterocycles. The first-order valence-electron chi connectivity index (χ1n) is 9.59. The van der Waals surface area contributed by atoms with Gasteiger partial charge >= 0.3 is 0 Å². The fraction of sp³-hybridized carbons (Fsp3) is 0.500. The Morgan fingerprint density at radius 1 is 1.21 bits per heavy atom. The number of aryl methyl sites for hydroxylation is 4. The van der Waals surface area contributed by atoms with Crippen molar-refractivity contribution >= 4 is 21.7 Å². The third-order valence-corrected chi connectivity index (χ3v) is 6.97. The molecule has 158 valence electrons. The summed E-state index contributed by atoms with van der Waals surface area (Å²) in [5.41, 5.74) is 2.31. The van der Waals surface area contributed by atoms with E-state index in [1.165, 1.54) is 4.31 Å². The lowest BCUT2D eigenvalue weighted by Crippen LogP contribution is -2.42. The molecule has 29 heavy (non-hydrogen) atoms. The zero-order valence-corrected chi connectivity index (χ0v) is 18.0. The Labute approximate surface area is 171 Å². The van der Waals surface area contributed by atoms with Crippen LogP contribution in [0.1, 0.15) is 35.3 Å². The minimum atomic E-state index is -3.90. The zero-order chi connectivity index (χ0) is 21.2. The molecule has 0 saturated carbocycles. The second kappa shape index (κ2) is 8.64. The first kappa shape index (κ1) is 21.5. The van der Waals surface area contributed by atoms with Crippen LogP contribution in [0.5, 0.6) is 0 Å². The van der Waals surface area contributed by atoms with Gasteiger partial charge in [0.25, 0.3) is 0 Å². The number of sulfonamides is 1. The number of nitrogens with one attached hydrogen (secondary N) is 1. The van der Waals surface area contributed by atoms with Gasteiger partial charge in [0, 0.05) is 19.2 Å². The number of nitrogens with zero attached hydrogens (tertiary/aromatic N) is 2. The van der Waals surface area contributed by atoms with Crippen LogP contribution in [0.25, 0.3) is 0 Å². The van der Waals surface area contributed by atoms with E-state index in [0.717, 1.165) is 18.4 Å². The van der Waals surface area contributed by atoms with Crippen LogP contribution in [-0.4, -0.2) is 49.6 Å². The molecule has 0 aliphatic carbocycles. The van der Waals surface area contributed by atoms with E-state index in [1.807, 2.05) is 19.1 Å². The summed E-state index contributed by atoms with van der Waals surface area (Å²) in [7, 11) is -3.90. The molecule has 1 saturated heterocycles. The molecule has 0 bridgehead atoms. The van der Waals surface area contributed by atoms with Gasteiger partial charge in [-0.25, -0.2) is 8.42 Å². The average molecular weight is 422 g/mol. The standard InChI is InChI=1S/C20H27N3O5S/c1-13-8-14(2)20(15(3)9-13)29(25,26)23(11-17-6-5-7-27-17)12-19(24)21-18-10-16(4)28-22-18/h8-10,17H,5-7,11-12H2,1-4H3,(H,21,22,24)/t17-/m1/s1. The number of hydrogen-bond donors (Lipinski definition) is 1. The van der Waals surface area contributed by atoms with Crippen LogP contribution in [0.3, 0.4) is 0 Å². The minimum Gasteiger partial charge on any atom is -0.377 e. The highest BCUT2D eigenvalue weighted by Gasteiger charge is 2.33. The van der Waals surface area contributed by atoms with Crippen LogP contribution >= 0.6 is 0 Å². The second-order valence-corrected chi connectivity index (χ2v) is 9.41. The Morgan fingerprint density at radius 2 is 1.90 bits per heavy atom. The van der Waals surface area contributed by atoms with Gasteiger partial charge in [-0.05, 0) is 51.7 Å². The average Bonchev–Trinajstić information content (AvgIpc) is 3.24. The van der Waals surface area contributed by atoms with Crippen LogP contribution in [0.2, 0.25) is 0 Å². The molecular formula is C20H27N3O5S. The van der Waals surface area contributed by atoms with Crippen LogP contribution in [0.15, 0.2) is 27.6 Å². The van der Waals surface area contributed by atoms with E-state index in [-0.39, 0.29) is 29.9 Å². The smallest absolute Gasteiger partial charge is 0.244 e. The van der Waals surface area contributed by atoms with Gasteiger partial charge in [0.05, 0.1) is 17.5 Å². The summed E-state index contributed by atoms with van der Waals surface area (Å²) < 4.78 is 38.8. The van der Waals surface area contributed by atoms with Crippen molar-refractivity contribution in [1.82, 2.24) is 9.46 Å². The molecule has 0 unspecified atom stereocenters. The summed E-state index contributed by atoms with van der Waals surface area (Å²) in [6.07, 6.45) is 1.42. The topological polar surface area (TPSA) is 102 Å². The van der Waals surface area contributed by atoms with Gasteiger partial charge in [-0.2, -0.15) is 4.31 Å². The van der Waals surface area contributed by atoms with Crippen molar-refractivity contribution < 1.29 is 22.5 Å². The molecule has 1 amide bonds. The highest BCUT2D eigenvalue weighted by Crippen LogP contribution is 2.27. The summed E-state index contributed by atoms with van der Waals surface area (Å²) in [6.45, 7) is 7.57. The number of carbonyl (C=O) groups is 1. The van der Waals surface area contributed by atoms with Gasteiger partial charge in [-0.15, -0.1) is 0 Å². The summed E-state index contributed by atoms with van der Waals surface area (Å²) in [5, 5.41) is 6.31. The first-order valence-corrected chi connectivity index (χ1v) is 11.0. The largest absolute Gasteiger partial charge is 0.377 e. The van der Waals surface area contributed by atoms with E-state index < -0.39 is 15.9 Å². The monoisotopic (exact) mass is 421 g/mol. The fourth-order valence-corrected chi connectivity index (χ4v) is 5.57. The summed E-state index contributed by atoms with van der Waals surface area (Å²) >= 11 is 0. The van der Waals surface area contributed by atoms with Gasteiger partial charge < -0.3 is 14.6 Å². The van der Waals surface area contributed by atoms with Crippen molar-refractivity contribution in [1.29, 1.82) is 0 Å². The lowest BCUT2D eigenvalue weighted by molar-refractivity contribution is -0.116. The van der Waals surface area contributed by atoms with Crippen molar-refractivity contribution in [2.75, 3.05) is 25.0 Å². The van der Waals surface area contributed by atoms with E-state index >= 15 is 0 Å². The molecule has 1 aliphatic heterocycles. The molecule has 1 aromatic carbocycles. The van der Waals surface area contributed by atoms with Gasteiger partial charge in [0.1, 0.15) is 5.76 Å². The zero-order valence-electron chi connectivity index (χ0n) is 17.2. The van der Waals surface area contributed by atoms with Crippen LogP contribution in [-0.2, 0) is 19.6 Å². The predicted octanol–water partition coefficient (Wildman–Crippen LogP) is 2.72. The maximum Gasteiger partial charge on any atom is 0.244 e. The number of amides is 1. The van der Waals surface area contributed by atoms with E-state index in [9.17, 15) is 13.2 Å². The highest BCUT2D eigenvalue weighted by atomic mass is 32.2. The number of anilines is 1. The second-order valence-electron chi connectivity index (χ2n) is 7.53. The van der Waals surface area contributed by atoms with Gasteiger partial charge in [-0.1, -0.05) is 22.9 Å². The SMILES string of the molecule is Cc1cc(C)c(S(=O)(=O)N(CC(=O)Nc2cc(C)on2)C[C@H]2CCCO2)c(C)c1. The lowest BCUT2D eigenvalue weighted by atomic mass is 10.1. The van der Waals surface area contributed by atoms with Gasteiger partial charge in [0.2, 0.25) is 15.9 Å². The minimum absolute atomic E-state index is 0.125. The quantitative estimate of drug-likeness (QED) is 0.738. The maximum absolute atomic E-state index is 13.5. The summed E-state index contributed by atoms with van der Waals surface area (Å²) in [5.74, 6) is 0.321. The molecule has 9 heteroatoms. The first-order chi connectivity index (χ1) is 13.7. The molecule has 1 fully saturated rings. The van der Waals surface area contributed by atoms with Crippen molar-refractivity contribution in [2.45, 2.75) is 51.5 Å². The lowest BCUT2D eigenvalue weighted by Gasteiger charge is -2.26. The van der Waals surface area contributed by atoms with Crippen LogP contribution in [0.4, 0.5) is 5.82 Å². The Balaban J connectivity index is 1.88. The molecule has 1 N–H and O–H groups in total. The number of carbonyl (C=O) groups excluding carboxylic acids is 1. The van der Waals surface area contributed by atoms with E-state index in [4.69, 9.17) is 9.26 Å². The Morgan fingerprint density at radius 3 is 2.45 bits per heavy atom. The molecule has 0 spiro atoms. The number of rotatable bonds is 7. The van der Waals surface area contributed by atoms with Crippen LogP contribution < -0.4 is 5.32 Å². The fourth-order valence-electron chi connectivity index (χ4n) is 3.73. The number of hydrogen-bond acceptors (Lipinski definition) is 6. The Kier molecular flexibility index (Phi) is 6.40. The van der Waals surface area contributed by atoms with Crippen molar-refractivity contribution in [3.8, 4) is 0 Å². The number of ether oxygens (including phenoxy) is 1. The normalized spacial score (nSPS) is 17.1. The van der Waals surface area contributed by atoms with E-state index in [1.54, 1.807) is 26.8 Å².